The molecule has 0 saturated heterocycles. The van der Waals surface area contributed by atoms with E-state index in [1.165, 1.54) is 4.90 Å². The summed E-state index contributed by atoms with van der Waals surface area (Å²) in [6, 6.07) is 20.5. The lowest BCUT2D eigenvalue weighted by molar-refractivity contribution is -0.120. The highest BCUT2D eigenvalue weighted by Crippen LogP contribution is 2.36. The number of benzene rings is 3. The number of hydrogen-bond donors (Lipinski definition) is 1. The molecule has 0 bridgehead atoms. The van der Waals surface area contributed by atoms with Gasteiger partial charge < -0.3 is 15.0 Å². The van der Waals surface area contributed by atoms with Crippen molar-refractivity contribution in [2.75, 3.05) is 36.3 Å². The van der Waals surface area contributed by atoms with E-state index in [1.807, 2.05) is 87.4 Å². The van der Waals surface area contributed by atoms with E-state index >= 15 is 0 Å². The van der Waals surface area contributed by atoms with Gasteiger partial charge in [-0.25, -0.2) is 4.90 Å². The summed E-state index contributed by atoms with van der Waals surface area (Å²) in [5.41, 5.74) is 5.45. The van der Waals surface area contributed by atoms with Gasteiger partial charge in [-0.2, -0.15) is 0 Å². The van der Waals surface area contributed by atoms with Gasteiger partial charge in [0.2, 0.25) is 0 Å². The van der Waals surface area contributed by atoms with E-state index < -0.39 is 5.91 Å². The van der Waals surface area contributed by atoms with E-state index in [4.69, 9.17) is 4.74 Å². The van der Waals surface area contributed by atoms with E-state index in [0.717, 1.165) is 22.4 Å². The topological polar surface area (TPSA) is 61.9 Å². The first-order valence-electron chi connectivity index (χ1n) is 10.7. The van der Waals surface area contributed by atoms with Gasteiger partial charge in [-0.05, 0) is 55.3 Å². The fraction of sp³-hybridized carbons (Fsp3) is 0.185. The zero-order valence-electron chi connectivity index (χ0n) is 19.5. The highest BCUT2D eigenvalue weighted by atomic mass is 16.5. The maximum Gasteiger partial charge on any atom is 0.282 e. The van der Waals surface area contributed by atoms with Gasteiger partial charge in [0.1, 0.15) is 11.4 Å². The number of nitrogens with zero attached hydrogens (tertiary/aromatic N) is 2. The number of carbonyl (C=O) groups excluding carboxylic acids is 2. The summed E-state index contributed by atoms with van der Waals surface area (Å²) in [5.74, 6) is -0.0945. The summed E-state index contributed by atoms with van der Waals surface area (Å²) < 4.78 is 5.31. The fourth-order valence-corrected chi connectivity index (χ4v) is 3.98. The summed E-state index contributed by atoms with van der Waals surface area (Å²) in [7, 11) is 5.42. The molecular weight excluding hydrogens is 414 g/mol. The van der Waals surface area contributed by atoms with Crippen LogP contribution in [0.2, 0.25) is 0 Å². The number of rotatable bonds is 6. The van der Waals surface area contributed by atoms with Gasteiger partial charge in [0.05, 0.1) is 18.4 Å². The van der Waals surface area contributed by atoms with Gasteiger partial charge in [-0.15, -0.1) is 0 Å². The Bertz CT molecular complexity index is 1280. The molecule has 6 nitrogen and oxygen atoms in total. The molecule has 6 heteroatoms. The van der Waals surface area contributed by atoms with E-state index in [0.29, 0.717) is 22.7 Å². The number of aryl methyl sites for hydroxylation is 2. The van der Waals surface area contributed by atoms with Gasteiger partial charge >= 0.3 is 0 Å². The monoisotopic (exact) mass is 441 g/mol. The molecule has 1 N–H and O–H groups in total. The molecular formula is C27H27N3O3. The Kier molecular flexibility index (Phi) is 5.92. The molecule has 0 radical (unpaired) electrons. The van der Waals surface area contributed by atoms with Crippen LogP contribution in [-0.4, -0.2) is 33.0 Å². The molecule has 0 atom stereocenters. The first kappa shape index (κ1) is 22.1. The molecule has 1 aliphatic heterocycles. The van der Waals surface area contributed by atoms with Crippen LogP contribution in [0.3, 0.4) is 0 Å². The van der Waals surface area contributed by atoms with E-state index in [-0.39, 0.29) is 11.6 Å². The summed E-state index contributed by atoms with van der Waals surface area (Å²) in [6.45, 7) is 3.95. The van der Waals surface area contributed by atoms with Crippen molar-refractivity contribution in [3.05, 3.63) is 89.1 Å². The third kappa shape index (κ3) is 4.20. The first-order valence-corrected chi connectivity index (χ1v) is 10.7. The normalized spacial score (nSPS) is 13.5. The molecule has 0 spiro atoms. The van der Waals surface area contributed by atoms with Gasteiger partial charge in [-0.3, -0.25) is 9.59 Å². The van der Waals surface area contributed by atoms with Crippen LogP contribution >= 0.6 is 0 Å². The smallest absolute Gasteiger partial charge is 0.282 e. The molecule has 0 unspecified atom stereocenters. The second kappa shape index (κ2) is 8.82. The summed E-state index contributed by atoms with van der Waals surface area (Å²) in [5, 5.41) is 3.20. The molecule has 33 heavy (non-hydrogen) atoms. The van der Waals surface area contributed by atoms with Crippen LogP contribution in [0.1, 0.15) is 16.7 Å². The molecule has 3 aromatic carbocycles. The number of amides is 2. The van der Waals surface area contributed by atoms with Crippen molar-refractivity contribution in [1.29, 1.82) is 0 Å². The molecule has 2 amide bonds. The van der Waals surface area contributed by atoms with Crippen molar-refractivity contribution in [2.45, 2.75) is 13.8 Å². The standard InChI is InChI=1S/C27H27N3O3/c1-17-12-13-23(18(2)14-17)24-25(28-19-8-6-11-22(15-19)33-5)27(32)30(26(24)31)21-10-7-9-20(16-21)29(3)4/h6-16,28H,1-5H3. The summed E-state index contributed by atoms with van der Waals surface area (Å²) in [6.07, 6.45) is 0. The molecule has 0 aromatic heterocycles. The van der Waals surface area contributed by atoms with Crippen molar-refractivity contribution < 1.29 is 14.3 Å². The minimum atomic E-state index is -0.395. The van der Waals surface area contributed by atoms with E-state index in [2.05, 4.69) is 5.32 Å². The van der Waals surface area contributed by atoms with Crippen LogP contribution < -0.4 is 19.9 Å². The Balaban J connectivity index is 1.85. The molecule has 0 aliphatic carbocycles. The van der Waals surface area contributed by atoms with Crippen LogP contribution in [0, 0.1) is 13.8 Å². The summed E-state index contributed by atoms with van der Waals surface area (Å²) in [4.78, 5) is 30.6. The molecule has 4 rings (SSSR count). The first-order chi connectivity index (χ1) is 15.8. The zero-order valence-corrected chi connectivity index (χ0v) is 19.5. The second-order valence-corrected chi connectivity index (χ2v) is 8.29. The van der Waals surface area contributed by atoms with Gasteiger partial charge in [-0.1, -0.05) is 35.9 Å². The van der Waals surface area contributed by atoms with E-state index in [9.17, 15) is 9.59 Å². The van der Waals surface area contributed by atoms with Crippen molar-refractivity contribution in [1.82, 2.24) is 0 Å². The number of carbonyl (C=O) groups is 2. The number of imide groups is 1. The number of ether oxygens (including phenoxy) is 1. The van der Waals surface area contributed by atoms with Gasteiger partial charge in [0.15, 0.2) is 0 Å². The molecule has 0 saturated carbocycles. The average Bonchev–Trinajstić information content (AvgIpc) is 3.03. The number of anilines is 3. The number of nitrogens with one attached hydrogen (secondary N) is 1. The van der Waals surface area contributed by atoms with Gasteiger partial charge in [0.25, 0.3) is 11.8 Å². The minimum Gasteiger partial charge on any atom is -0.497 e. The highest BCUT2D eigenvalue weighted by molar-refractivity contribution is 6.46. The van der Waals surface area contributed by atoms with Crippen LogP contribution in [-0.2, 0) is 9.59 Å². The molecule has 1 heterocycles. The third-order valence-electron chi connectivity index (χ3n) is 5.68. The maximum absolute atomic E-state index is 13.7. The highest BCUT2D eigenvalue weighted by Gasteiger charge is 2.40. The predicted octanol–water partition coefficient (Wildman–Crippen LogP) is 4.77. The lowest BCUT2D eigenvalue weighted by Gasteiger charge is -2.19. The lowest BCUT2D eigenvalue weighted by atomic mass is 9.97. The number of hydrogen-bond acceptors (Lipinski definition) is 5. The molecule has 168 valence electrons. The molecule has 0 fully saturated rings. The van der Waals surface area contributed by atoms with Crippen molar-refractivity contribution >= 4 is 34.4 Å². The van der Waals surface area contributed by atoms with Crippen molar-refractivity contribution in [3.8, 4) is 5.75 Å². The average molecular weight is 442 g/mol. The lowest BCUT2D eigenvalue weighted by Crippen LogP contribution is -2.32. The Morgan fingerprint density at radius 3 is 2.33 bits per heavy atom. The summed E-state index contributed by atoms with van der Waals surface area (Å²) >= 11 is 0. The Morgan fingerprint density at radius 2 is 1.64 bits per heavy atom. The molecule has 1 aliphatic rings. The van der Waals surface area contributed by atoms with Gasteiger partial charge in [0, 0.05) is 31.5 Å². The fourth-order valence-electron chi connectivity index (χ4n) is 3.98. The predicted molar refractivity (Wildman–Crippen MR) is 133 cm³/mol. The minimum absolute atomic E-state index is 0.246. The van der Waals surface area contributed by atoms with Crippen LogP contribution in [0.4, 0.5) is 17.1 Å². The number of methoxy groups -OCH3 is 1. The van der Waals surface area contributed by atoms with Crippen molar-refractivity contribution in [3.63, 3.8) is 0 Å². The Labute approximate surface area is 194 Å². The van der Waals surface area contributed by atoms with Crippen LogP contribution in [0.5, 0.6) is 5.75 Å². The van der Waals surface area contributed by atoms with Crippen LogP contribution in [0.15, 0.2) is 72.4 Å². The second-order valence-electron chi connectivity index (χ2n) is 8.29. The largest absolute Gasteiger partial charge is 0.497 e. The molecule has 3 aromatic rings. The maximum atomic E-state index is 13.7. The van der Waals surface area contributed by atoms with Crippen LogP contribution in [0.25, 0.3) is 5.57 Å². The third-order valence-corrected chi connectivity index (χ3v) is 5.68. The Hall–Kier alpha value is -4.06. The van der Waals surface area contributed by atoms with E-state index in [1.54, 1.807) is 19.2 Å². The quantitative estimate of drug-likeness (QED) is 0.558. The van der Waals surface area contributed by atoms with Crippen molar-refractivity contribution in [2.24, 2.45) is 0 Å². The Morgan fingerprint density at radius 1 is 0.879 bits per heavy atom. The SMILES string of the molecule is COc1cccc(NC2=C(c3ccc(C)cc3C)C(=O)N(c3cccc(N(C)C)c3)C2=O)c1. The zero-order chi connectivity index (χ0) is 23.7.